The highest BCUT2D eigenvalue weighted by Crippen LogP contribution is 2.18. The van der Waals surface area contributed by atoms with Crippen molar-refractivity contribution in [2.45, 2.75) is 53.0 Å². The number of hydrogen-bond acceptors (Lipinski definition) is 4. The van der Waals surface area contributed by atoms with Crippen LogP contribution >= 0.6 is 0 Å². The standard InChI is InChI=1S/C20H25N5O/c1-5-18(16-8-6-13(2)7-9-16)24-19(26)11-10-17-14(3)23-20-21-12-22-25(20)15(17)4/h6-9,12,18H,5,10-11H2,1-4H3,(H,24,26)/t18-/m0/s1. The smallest absolute Gasteiger partial charge is 0.252 e. The van der Waals surface area contributed by atoms with E-state index in [1.54, 1.807) is 4.52 Å². The third-order valence-corrected chi connectivity index (χ3v) is 4.81. The van der Waals surface area contributed by atoms with Crippen LogP contribution in [0, 0.1) is 20.8 Å². The molecule has 136 valence electrons. The number of nitrogens with one attached hydrogen (secondary N) is 1. The first-order valence-corrected chi connectivity index (χ1v) is 9.01. The van der Waals surface area contributed by atoms with Gasteiger partial charge in [-0.1, -0.05) is 36.8 Å². The van der Waals surface area contributed by atoms with Crippen molar-refractivity contribution in [2.75, 3.05) is 0 Å². The quantitative estimate of drug-likeness (QED) is 0.740. The number of amides is 1. The number of fused-ring (bicyclic) bond motifs is 1. The van der Waals surface area contributed by atoms with Gasteiger partial charge in [0.25, 0.3) is 5.78 Å². The number of aryl methyl sites for hydroxylation is 3. The number of rotatable bonds is 6. The van der Waals surface area contributed by atoms with Crippen LogP contribution in [0.2, 0.25) is 0 Å². The van der Waals surface area contributed by atoms with E-state index in [9.17, 15) is 4.79 Å². The molecule has 0 aliphatic heterocycles. The zero-order chi connectivity index (χ0) is 18.7. The molecule has 0 saturated carbocycles. The third-order valence-electron chi connectivity index (χ3n) is 4.81. The van der Waals surface area contributed by atoms with Crippen LogP contribution in [0.3, 0.4) is 0 Å². The maximum Gasteiger partial charge on any atom is 0.252 e. The fourth-order valence-corrected chi connectivity index (χ4v) is 3.24. The number of benzene rings is 1. The summed E-state index contributed by atoms with van der Waals surface area (Å²) >= 11 is 0. The second kappa shape index (κ2) is 7.64. The van der Waals surface area contributed by atoms with E-state index in [0.717, 1.165) is 28.9 Å². The Kier molecular flexibility index (Phi) is 5.30. The monoisotopic (exact) mass is 351 g/mol. The number of hydrogen-bond donors (Lipinski definition) is 1. The van der Waals surface area contributed by atoms with E-state index < -0.39 is 0 Å². The van der Waals surface area contributed by atoms with Gasteiger partial charge in [0.05, 0.1) is 6.04 Å². The van der Waals surface area contributed by atoms with Gasteiger partial charge in [0.2, 0.25) is 5.91 Å². The molecule has 0 bridgehead atoms. The predicted octanol–water partition coefficient (Wildman–Crippen LogP) is 3.25. The van der Waals surface area contributed by atoms with Gasteiger partial charge < -0.3 is 5.32 Å². The molecule has 1 aromatic carbocycles. The van der Waals surface area contributed by atoms with E-state index in [1.807, 2.05) is 13.8 Å². The normalized spacial score (nSPS) is 12.3. The first-order valence-electron chi connectivity index (χ1n) is 9.01. The highest BCUT2D eigenvalue weighted by Gasteiger charge is 2.15. The highest BCUT2D eigenvalue weighted by molar-refractivity contribution is 5.76. The summed E-state index contributed by atoms with van der Waals surface area (Å²) in [6, 6.07) is 8.37. The van der Waals surface area contributed by atoms with Gasteiger partial charge in [-0.15, -0.1) is 0 Å². The van der Waals surface area contributed by atoms with Crippen molar-refractivity contribution in [3.8, 4) is 0 Å². The predicted molar refractivity (Wildman–Crippen MR) is 101 cm³/mol. The first-order chi connectivity index (χ1) is 12.5. The summed E-state index contributed by atoms with van der Waals surface area (Å²) in [5.41, 5.74) is 5.31. The molecule has 0 aliphatic rings. The molecule has 1 atom stereocenters. The Bertz CT molecular complexity index is 914. The minimum Gasteiger partial charge on any atom is -0.349 e. The van der Waals surface area contributed by atoms with E-state index in [-0.39, 0.29) is 11.9 Å². The second-order valence-electron chi connectivity index (χ2n) is 6.67. The summed E-state index contributed by atoms with van der Waals surface area (Å²) in [5, 5.41) is 7.35. The van der Waals surface area contributed by atoms with Crippen LogP contribution in [-0.4, -0.2) is 25.5 Å². The zero-order valence-electron chi connectivity index (χ0n) is 15.8. The molecular formula is C20H25N5O. The fraction of sp³-hybridized carbons (Fsp3) is 0.400. The van der Waals surface area contributed by atoms with Crippen LogP contribution in [-0.2, 0) is 11.2 Å². The van der Waals surface area contributed by atoms with Crippen molar-refractivity contribution < 1.29 is 4.79 Å². The van der Waals surface area contributed by atoms with Crippen molar-refractivity contribution in [1.29, 1.82) is 0 Å². The summed E-state index contributed by atoms with van der Waals surface area (Å²) in [6.07, 6.45) is 3.42. The summed E-state index contributed by atoms with van der Waals surface area (Å²) in [5.74, 6) is 0.647. The molecule has 0 radical (unpaired) electrons. The zero-order valence-corrected chi connectivity index (χ0v) is 15.8. The lowest BCUT2D eigenvalue weighted by molar-refractivity contribution is -0.121. The topological polar surface area (TPSA) is 72.2 Å². The van der Waals surface area contributed by atoms with Crippen molar-refractivity contribution >= 4 is 11.7 Å². The minimum absolute atomic E-state index is 0.0428. The molecule has 1 N–H and O–H groups in total. The average Bonchev–Trinajstić information content (AvgIpc) is 3.09. The number of carbonyl (C=O) groups is 1. The molecule has 3 rings (SSSR count). The third kappa shape index (κ3) is 3.74. The molecule has 1 amide bonds. The van der Waals surface area contributed by atoms with Crippen LogP contribution in [0.1, 0.15) is 53.9 Å². The van der Waals surface area contributed by atoms with Gasteiger partial charge in [0.15, 0.2) is 0 Å². The Balaban J connectivity index is 1.67. The summed E-state index contributed by atoms with van der Waals surface area (Å²) in [6.45, 7) is 8.09. The largest absolute Gasteiger partial charge is 0.349 e. The van der Waals surface area contributed by atoms with Crippen LogP contribution in [0.25, 0.3) is 5.78 Å². The molecular weight excluding hydrogens is 326 g/mol. The molecule has 26 heavy (non-hydrogen) atoms. The van der Waals surface area contributed by atoms with Crippen molar-refractivity contribution in [2.24, 2.45) is 0 Å². The highest BCUT2D eigenvalue weighted by atomic mass is 16.1. The molecule has 0 spiro atoms. The molecule has 2 aromatic heterocycles. The molecule has 2 heterocycles. The van der Waals surface area contributed by atoms with Gasteiger partial charge in [-0.05, 0) is 44.7 Å². The van der Waals surface area contributed by atoms with Crippen LogP contribution in [0.15, 0.2) is 30.6 Å². The van der Waals surface area contributed by atoms with Crippen molar-refractivity contribution in [1.82, 2.24) is 24.9 Å². The Morgan fingerprint density at radius 3 is 2.62 bits per heavy atom. The van der Waals surface area contributed by atoms with Crippen molar-refractivity contribution in [3.05, 3.63) is 58.7 Å². The van der Waals surface area contributed by atoms with Crippen LogP contribution < -0.4 is 5.32 Å². The van der Waals surface area contributed by atoms with E-state index in [4.69, 9.17) is 0 Å². The van der Waals surface area contributed by atoms with E-state index >= 15 is 0 Å². The van der Waals surface area contributed by atoms with Crippen LogP contribution in [0.5, 0.6) is 0 Å². The number of aromatic nitrogens is 4. The lowest BCUT2D eigenvalue weighted by Crippen LogP contribution is -2.28. The number of nitrogens with zero attached hydrogens (tertiary/aromatic N) is 4. The van der Waals surface area contributed by atoms with Gasteiger partial charge in [-0.3, -0.25) is 4.79 Å². The van der Waals surface area contributed by atoms with Gasteiger partial charge in [0.1, 0.15) is 6.33 Å². The van der Waals surface area contributed by atoms with E-state index in [2.05, 4.69) is 58.5 Å². The molecule has 0 fully saturated rings. The molecule has 0 aliphatic carbocycles. The maximum absolute atomic E-state index is 12.5. The van der Waals surface area contributed by atoms with E-state index in [1.165, 1.54) is 11.9 Å². The van der Waals surface area contributed by atoms with Crippen LogP contribution in [0.4, 0.5) is 0 Å². The summed E-state index contributed by atoms with van der Waals surface area (Å²) in [7, 11) is 0. The van der Waals surface area contributed by atoms with E-state index in [0.29, 0.717) is 18.6 Å². The van der Waals surface area contributed by atoms with Gasteiger partial charge in [-0.2, -0.15) is 10.1 Å². The van der Waals surface area contributed by atoms with Crippen molar-refractivity contribution in [3.63, 3.8) is 0 Å². The van der Waals surface area contributed by atoms with Gasteiger partial charge in [-0.25, -0.2) is 9.50 Å². The summed E-state index contributed by atoms with van der Waals surface area (Å²) in [4.78, 5) is 21.1. The first kappa shape index (κ1) is 18.0. The fourth-order valence-electron chi connectivity index (χ4n) is 3.24. The Morgan fingerprint density at radius 1 is 1.19 bits per heavy atom. The molecule has 0 unspecified atom stereocenters. The average molecular weight is 351 g/mol. The molecule has 3 aromatic rings. The maximum atomic E-state index is 12.5. The van der Waals surface area contributed by atoms with Gasteiger partial charge in [0, 0.05) is 17.8 Å². The summed E-state index contributed by atoms with van der Waals surface area (Å²) < 4.78 is 1.72. The number of carbonyl (C=O) groups excluding carboxylic acids is 1. The Hall–Kier alpha value is -2.76. The Morgan fingerprint density at radius 2 is 1.92 bits per heavy atom. The molecule has 6 heteroatoms. The van der Waals surface area contributed by atoms with Gasteiger partial charge >= 0.3 is 0 Å². The Labute approximate surface area is 153 Å². The lowest BCUT2D eigenvalue weighted by Gasteiger charge is -2.18. The molecule has 6 nitrogen and oxygen atoms in total. The lowest BCUT2D eigenvalue weighted by atomic mass is 10.0. The SMILES string of the molecule is CC[C@H](NC(=O)CCc1c(C)nc2ncnn2c1C)c1ccc(C)cc1. The second-order valence-corrected chi connectivity index (χ2v) is 6.67. The molecule has 0 saturated heterocycles. The minimum atomic E-state index is 0.0428.